The summed E-state index contributed by atoms with van der Waals surface area (Å²) in [7, 11) is 1.89. The number of rotatable bonds is 3. The third kappa shape index (κ3) is 1.77. The van der Waals surface area contributed by atoms with E-state index in [0.717, 1.165) is 13.1 Å². The molecule has 0 aromatic rings. The van der Waals surface area contributed by atoms with E-state index in [2.05, 4.69) is 5.32 Å². The highest BCUT2D eigenvalue weighted by atomic mass is 16.3. The lowest BCUT2D eigenvalue weighted by atomic mass is 9.75. The molecule has 6 atom stereocenters. The SMILES string of the molecule is CN(C(=O)CC1C(N)CC1O)C1[C@H]2CNC[C@@H]12. The highest BCUT2D eigenvalue weighted by Crippen LogP contribution is 2.45. The van der Waals surface area contributed by atoms with Gasteiger partial charge >= 0.3 is 0 Å². The van der Waals surface area contributed by atoms with Gasteiger partial charge in [0, 0.05) is 44.6 Å². The van der Waals surface area contributed by atoms with Gasteiger partial charge in [-0.1, -0.05) is 0 Å². The van der Waals surface area contributed by atoms with Gasteiger partial charge in [-0.3, -0.25) is 4.79 Å². The number of aliphatic hydroxyl groups excluding tert-OH is 1. The molecule has 96 valence electrons. The highest BCUT2D eigenvalue weighted by Gasteiger charge is 2.56. The predicted molar refractivity (Wildman–Crippen MR) is 63.1 cm³/mol. The molecule has 0 radical (unpaired) electrons. The van der Waals surface area contributed by atoms with Gasteiger partial charge in [0.25, 0.3) is 0 Å². The Kier molecular flexibility index (Phi) is 2.65. The molecule has 1 heterocycles. The number of piperidine rings is 1. The smallest absolute Gasteiger partial charge is 0.223 e. The molecule has 0 bridgehead atoms. The van der Waals surface area contributed by atoms with Gasteiger partial charge in [0.2, 0.25) is 5.91 Å². The van der Waals surface area contributed by atoms with Gasteiger partial charge in [-0.2, -0.15) is 0 Å². The van der Waals surface area contributed by atoms with Crippen molar-refractivity contribution in [1.82, 2.24) is 10.2 Å². The molecule has 2 saturated carbocycles. The topological polar surface area (TPSA) is 78.6 Å². The van der Waals surface area contributed by atoms with Crippen molar-refractivity contribution in [3.05, 3.63) is 0 Å². The summed E-state index contributed by atoms with van der Waals surface area (Å²) in [5, 5.41) is 12.9. The summed E-state index contributed by atoms with van der Waals surface area (Å²) in [5.74, 6) is 1.43. The van der Waals surface area contributed by atoms with Crippen LogP contribution in [-0.2, 0) is 4.79 Å². The minimum absolute atomic E-state index is 0.00252. The Bertz CT molecular complexity index is 318. The molecule has 5 nitrogen and oxygen atoms in total. The van der Waals surface area contributed by atoms with Gasteiger partial charge in [0.05, 0.1) is 6.10 Å². The number of fused-ring (bicyclic) bond motifs is 1. The molecule has 4 unspecified atom stereocenters. The number of nitrogens with two attached hydrogens (primary N) is 1. The van der Waals surface area contributed by atoms with Crippen LogP contribution in [0.2, 0.25) is 0 Å². The van der Waals surface area contributed by atoms with E-state index in [1.165, 1.54) is 0 Å². The van der Waals surface area contributed by atoms with Gasteiger partial charge in [-0.15, -0.1) is 0 Å². The summed E-state index contributed by atoms with van der Waals surface area (Å²) in [5.41, 5.74) is 5.80. The number of aliphatic hydroxyl groups is 1. The van der Waals surface area contributed by atoms with Crippen LogP contribution in [0.15, 0.2) is 0 Å². The number of hydrogen-bond acceptors (Lipinski definition) is 4. The number of amides is 1. The minimum Gasteiger partial charge on any atom is -0.393 e. The van der Waals surface area contributed by atoms with Crippen molar-refractivity contribution in [1.29, 1.82) is 0 Å². The fourth-order valence-corrected chi connectivity index (χ4v) is 3.48. The van der Waals surface area contributed by atoms with Gasteiger partial charge in [-0.05, 0) is 18.3 Å². The van der Waals surface area contributed by atoms with Crippen molar-refractivity contribution < 1.29 is 9.90 Å². The van der Waals surface area contributed by atoms with E-state index >= 15 is 0 Å². The second-order valence-corrected chi connectivity index (χ2v) is 5.82. The molecule has 1 saturated heterocycles. The quantitative estimate of drug-likeness (QED) is 0.576. The Morgan fingerprint density at radius 2 is 2.12 bits per heavy atom. The number of nitrogens with one attached hydrogen (secondary N) is 1. The van der Waals surface area contributed by atoms with E-state index in [0.29, 0.717) is 30.7 Å². The molecule has 3 rings (SSSR count). The summed E-state index contributed by atoms with van der Waals surface area (Å²) in [6.45, 7) is 2.08. The van der Waals surface area contributed by atoms with Crippen molar-refractivity contribution >= 4 is 5.91 Å². The van der Waals surface area contributed by atoms with Crippen molar-refractivity contribution in [3.8, 4) is 0 Å². The second-order valence-electron chi connectivity index (χ2n) is 5.82. The molecular weight excluding hydrogens is 218 g/mol. The predicted octanol–water partition coefficient (Wildman–Crippen LogP) is -1.24. The molecule has 2 aliphatic carbocycles. The van der Waals surface area contributed by atoms with Crippen molar-refractivity contribution in [2.45, 2.75) is 31.0 Å². The Labute approximate surface area is 101 Å². The molecule has 1 aliphatic heterocycles. The molecule has 1 amide bonds. The zero-order valence-electron chi connectivity index (χ0n) is 10.2. The summed E-state index contributed by atoms with van der Waals surface area (Å²) >= 11 is 0. The van der Waals surface area contributed by atoms with E-state index in [9.17, 15) is 9.90 Å². The van der Waals surface area contributed by atoms with Crippen LogP contribution in [0.5, 0.6) is 0 Å². The van der Waals surface area contributed by atoms with Crippen molar-refractivity contribution in [3.63, 3.8) is 0 Å². The first kappa shape index (κ1) is 11.4. The lowest BCUT2D eigenvalue weighted by Gasteiger charge is -2.39. The number of carbonyl (C=O) groups is 1. The number of nitrogens with zero attached hydrogens (tertiary/aromatic N) is 1. The van der Waals surface area contributed by atoms with Crippen molar-refractivity contribution in [2.75, 3.05) is 20.1 Å². The van der Waals surface area contributed by atoms with Crippen LogP contribution in [0.1, 0.15) is 12.8 Å². The summed E-state index contributed by atoms with van der Waals surface area (Å²) in [6.07, 6.45) is 0.672. The largest absolute Gasteiger partial charge is 0.393 e. The van der Waals surface area contributed by atoms with Crippen LogP contribution in [-0.4, -0.2) is 54.2 Å². The minimum atomic E-state index is -0.372. The van der Waals surface area contributed by atoms with Gasteiger partial charge in [-0.25, -0.2) is 0 Å². The molecule has 3 aliphatic rings. The maximum absolute atomic E-state index is 12.1. The average Bonchev–Trinajstić information content (AvgIpc) is 2.78. The monoisotopic (exact) mass is 239 g/mol. The van der Waals surface area contributed by atoms with Crippen LogP contribution >= 0.6 is 0 Å². The summed E-state index contributed by atoms with van der Waals surface area (Å²) < 4.78 is 0. The Morgan fingerprint density at radius 1 is 1.47 bits per heavy atom. The van der Waals surface area contributed by atoms with Crippen LogP contribution in [0.4, 0.5) is 0 Å². The van der Waals surface area contributed by atoms with E-state index in [1.807, 2.05) is 11.9 Å². The zero-order chi connectivity index (χ0) is 12.2. The lowest BCUT2D eigenvalue weighted by molar-refractivity contribution is -0.135. The molecule has 3 fully saturated rings. The molecular formula is C12H21N3O2. The molecule has 0 aromatic heterocycles. The molecule has 0 spiro atoms. The van der Waals surface area contributed by atoms with E-state index in [1.54, 1.807) is 0 Å². The normalized spacial score (nSPS) is 47.2. The lowest BCUT2D eigenvalue weighted by Crippen LogP contribution is -2.53. The molecule has 5 heteroatoms. The Morgan fingerprint density at radius 3 is 2.65 bits per heavy atom. The van der Waals surface area contributed by atoms with Crippen LogP contribution in [0, 0.1) is 17.8 Å². The fourth-order valence-electron chi connectivity index (χ4n) is 3.48. The average molecular weight is 239 g/mol. The first-order chi connectivity index (χ1) is 8.09. The molecule has 17 heavy (non-hydrogen) atoms. The maximum Gasteiger partial charge on any atom is 0.223 e. The standard InChI is InChI=1S/C12H21N3O2/c1-15(12-7-4-14-5-8(7)12)11(17)2-6-9(13)3-10(6)16/h6-10,12,14,16H,2-5,13H2,1H3/t6?,7-,8+,9?,10?,12?. The van der Waals surface area contributed by atoms with Gasteiger partial charge < -0.3 is 21.1 Å². The van der Waals surface area contributed by atoms with E-state index in [-0.39, 0.29) is 24.0 Å². The zero-order valence-corrected chi connectivity index (χ0v) is 10.2. The third-order valence-corrected chi connectivity index (χ3v) is 4.86. The molecule has 4 N–H and O–H groups in total. The number of hydrogen-bond donors (Lipinski definition) is 3. The van der Waals surface area contributed by atoms with E-state index in [4.69, 9.17) is 5.73 Å². The Hall–Kier alpha value is -0.650. The summed E-state index contributed by atoms with van der Waals surface area (Å²) in [6, 6.07) is 0.430. The van der Waals surface area contributed by atoms with Crippen LogP contribution < -0.4 is 11.1 Å². The highest BCUT2D eigenvalue weighted by molar-refractivity contribution is 5.77. The van der Waals surface area contributed by atoms with Crippen molar-refractivity contribution in [2.24, 2.45) is 23.5 Å². The third-order valence-electron chi connectivity index (χ3n) is 4.86. The first-order valence-electron chi connectivity index (χ1n) is 6.49. The second kappa shape index (κ2) is 3.93. The van der Waals surface area contributed by atoms with Gasteiger partial charge in [0.1, 0.15) is 0 Å². The number of carbonyl (C=O) groups excluding carboxylic acids is 1. The molecule has 0 aromatic carbocycles. The van der Waals surface area contributed by atoms with E-state index < -0.39 is 0 Å². The maximum atomic E-state index is 12.1. The van der Waals surface area contributed by atoms with Crippen LogP contribution in [0.3, 0.4) is 0 Å². The van der Waals surface area contributed by atoms with Crippen LogP contribution in [0.25, 0.3) is 0 Å². The van der Waals surface area contributed by atoms with Gasteiger partial charge in [0.15, 0.2) is 0 Å². The fraction of sp³-hybridized carbons (Fsp3) is 0.917. The summed E-state index contributed by atoms with van der Waals surface area (Å²) in [4.78, 5) is 14.0. The first-order valence-corrected chi connectivity index (χ1v) is 6.49. The Balaban J connectivity index is 1.52.